The van der Waals surface area contributed by atoms with Crippen LogP contribution in [0.4, 0.5) is 5.69 Å². The number of benzene rings is 1. The van der Waals surface area contributed by atoms with Gasteiger partial charge in [-0.05, 0) is 51.0 Å². The molecule has 2 aliphatic heterocycles. The summed E-state index contributed by atoms with van der Waals surface area (Å²) >= 11 is 0. The van der Waals surface area contributed by atoms with E-state index in [4.69, 9.17) is 0 Å². The van der Waals surface area contributed by atoms with Crippen molar-refractivity contribution in [3.05, 3.63) is 24.3 Å². The van der Waals surface area contributed by atoms with E-state index in [9.17, 15) is 9.90 Å². The minimum Gasteiger partial charge on any atom is -0.508 e. The summed E-state index contributed by atoms with van der Waals surface area (Å²) in [7, 11) is 0. The molecule has 1 aromatic carbocycles. The number of aromatic hydroxyl groups is 1. The minimum absolute atomic E-state index is 0.0631. The lowest BCUT2D eigenvalue weighted by atomic mass is 10.0. The first kappa shape index (κ1) is 16.1. The van der Waals surface area contributed by atoms with E-state index in [1.807, 2.05) is 17.0 Å². The van der Waals surface area contributed by atoms with Gasteiger partial charge in [0.05, 0.1) is 6.04 Å². The maximum Gasteiger partial charge on any atom is 0.240 e. The van der Waals surface area contributed by atoms with Crippen LogP contribution in [0.1, 0.15) is 26.7 Å². The second-order valence-electron chi connectivity index (χ2n) is 6.82. The van der Waals surface area contributed by atoms with Gasteiger partial charge in [0.25, 0.3) is 0 Å². The van der Waals surface area contributed by atoms with E-state index in [0.717, 1.165) is 51.3 Å². The van der Waals surface area contributed by atoms with Gasteiger partial charge in [-0.1, -0.05) is 0 Å². The minimum atomic E-state index is 0.0631. The third-order valence-electron chi connectivity index (χ3n) is 5.04. The van der Waals surface area contributed by atoms with Gasteiger partial charge in [-0.2, -0.15) is 0 Å². The summed E-state index contributed by atoms with van der Waals surface area (Å²) in [6.07, 6.45) is 2.09. The Morgan fingerprint density at radius 3 is 2.30 bits per heavy atom. The van der Waals surface area contributed by atoms with Crippen molar-refractivity contribution in [2.45, 2.75) is 38.8 Å². The van der Waals surface area contributed by atoms with E-state index in [0.29, 0.717) is 17.7 Å². The van der Waals surface area contributed by atoms with E-state index >= 15 is 0 Å². The van der Waals surface area contributed by atoms with Crippen molar-refractivity contribution in [2.24, 2.45) is 0 Å². The largest absolute Gasteiger partial charge is 0.508 e. The van der Waals surface area contributed by atoms with Crippen LogP contribution in [0, 0.1) is 0 Å². The molecular weight excluding hydrogens is 290 g/mol. The average molecular weight is 317 g/mol. The fourth-order valence-corrected chi connectivity index (χ4v) is 3.69. The number of phenolic OH excluding ortho intramolecular Hbond substituents is 1. The van der Waals surface area contributed by atoms with Crippen molar-refractivity contribution in [1.82, 2.24) is 9.80 Å². The molecule has 5 nitrogen and oxygen atoms in total. The first-order valence-corrected chi connectivity index (χ1v) is 8.65. The second-order valence-corrected chi connectivity index (χ2v) is 6.82. The zero-order chi connectivity index (χ0) is 16.4. The van der Waals surface area contributed by atoms with E-state index in [-0.39, 0.29) is 6.04 Å². The molecule has 2 aliphatic rings. The number of hydrogen-bond acceptors (Lipinski definition) is 4. The third-order valence-corrected chi connectivity index (χ3v) is 5.04. The Balaban J connectivity index is 1.60. The number of piperidine rings is 1. The highest BCUT2D eigenvalue weighted by atomic mass is 16.3. The maximum absolute atomic E-state index is 12.7. The Hall–Kier alpha value is -1.75. The molecule has 1 amide bonds. The molecule has 0 bridgehead atoms. The number of piperazine rings is 1. The molecule has 126 valence electrons. The van der Waals surface area contributed by atoms with Crippen molar-refractivity contribution in [3.8, 4) is 5.75 Å². The summed E-state index contributed by atoms with van der Waals surface area (Å²) in [6.45, 7) is 8.80. The van der Waals surface area contributed by atoms with E-state index in [1.54, 1.807) is 12.1 Å². The standard InChI is InChI=1S/C18H27N3O2/c1-14(2)21-9-3-4-17(18(21)23)20-12-10-19(11-13-20)15-5-7-16(22)8-6-15/h5-8,14,17,22H,3-4,9-13H2,1-2H3. The van der Waals surface area contributed by atoms with Crippen molar-refractivity contribution < 1.29 is 9.90 Å². The highest BCUT2D eigenvalue weighted by Crippen LogP contribution is 2.23. The van der Waals surface area contributed by atoms with Crippen molar-refractivity contribution in [2.75, 3.05) is 37.6 Å². The number of anilines is 1. The molecule has 0 aliphatic carbocycles. The smallest absolute Gasteiger partial charge is 0.240 e. The summed E-state index contributed by atoms with van der Waals surface area (Å²) in [4.78, 5) is 19.4. The van der Waals surface area contributed by atoms with Crippen LogP contribution in [0.25, 0.3) is 0 Å². The summed E-state index contributed by atoms with van der Waals surface area (Å²) in [5, 5.41) is 9.40. The molecule has 0 spiro atoms. The summed E-state index contributed by atoms with van der Waals surface area (Å²) in [6, 6.07) is 7.73. The molecule has 0 aromatic heterocycles. The highest BCUT2D eigenvalue weighted by Gasteiger charge is 2.35. The molecule has 1 unspecified atom stereocenters. The molecule has 3 rings (SSSR count). The van der Waals surface area contributed by atoms with E-state index in [1.165, 1.54) is 0 Å². The lowest BCUT2D eigenvalue weighted by Crippen LogP contribution is -2.58. The molecule has 1 N–H and O–H groups in total. The second kappa shape index (κ2) is 6.79. The highest BCUT2D eigenvalue weighted by molar-refractivity contribution is 5.83. The van der Waals surface area contributed by atoms with Crippen LogP contribution in [-0.2, 0) is 4.79 Å². The van der Waals surface area contributed by atoms with Crippen LogP contribution in [0.5, 0.6) is 5.75 Å². The van der Waals surface area contributed by atoms with Crippen LogP contribution in [-0.4, -0.2) is 65.6 Å². The third kappa shape index (κ3) is 3.44. The predicted molar refractivity (Wildman–Crippen MR) is 91.8 cm³/mol. The lowest BCUT2D eigenvalue weighted by Gasteiger charge is -2.44. The van der Waals surface area contributed by atoms with Crippen LogP contribution < -0.4 is 4.90 Å². The van der Waals surface area contributed by atoms with Gasteiger partial charge < -0.3 is 14.9 Å². The molecule has 1 aromatic rings. The van der Waals surface area contributed by atoms with Crippen LogP contribution >= 0.6 is 0 Å². The number of nitrogens with zero attached hydrogens (tertiary/aromatic N) is 3. The maximum atomic E-state index is 12.7. The predicted octanol–water partition coefficient (Wildman–Crippen LogP) is 1.91. The van der Waals surface area contributed by atoms with Gasteiger partial charge in [-0.25, -0.2) is 0 Å². The van der Waals surface area contributed by atoms with E-state index in [2.05, 4.69) is 23.6 Å². The SMILES string of the molecule is CC(C)N1CCCC(N2CCN(c3ccc(O)cc3)CC2)C1=O. The lowest BCUT2D eigenvalue weighted by molar-refractivity contribution is -0.142. The van der Waals surface area contributed by atoms with Crippen LogP contribution in [0.2, 0.25) is 0 Å². The fourth-order valence-electron chi connectivity index (χ4n) is 3.69. The van der Waals surface area contributed by atoms with Gasteiger partial charge in [0.2, 0.25) is 5.91 Å². The Morgan fingerprint density at radius 2 is 1.70 bits per heavy atom. The molecule has 1 atom stereocenters. The Bertz CT molecular complexity index is 536. The number of likely N-dealkylation sites (tertiary alicyclic amines) is 1. The molecular formula is C18H27N3O2. The molecule has 2 heterocycles. The van der Waals surface area contributed by atoms with Gasteiger partial charge in [0.1, 0.15) is 5.75 Å². The Kier molecular flexibility index (Phi) is 4.76. The van der Waals surface area contributed by atoms with Gasteiger partial charge >= 0.3 is 0 Å². The molecule has 0 saturated carbocycles. The normalized spacial score (nSPS) is 23.6. The van der Waals surface area contributed by atoms with Gasteiger partial charge in [0, 0.05) is 44.5 Å². The molecule has 23 heavy (non-hydrogen) atoms. The van der Waals surface area contributed by atoms with Gasteiger partial charge in [-0.15, -0.1) is 0 Å². The zero-order valence-corrected chi connectivity index (χ0v) is 14.1. The Labute approximate surface area is 138 Å². The number of carbonyl (C=O) groups is 1. The topological polar surface area (TPSA) is 47.0 Å². The first-order chi connectivity index (χ1) is 11.1. The monoisotopic (exact) mass is 317 g/mol. The van der Waals surface area contributed by atoms with Crippen LogP contribution in [0.3, 0.4) is 0 Å². The molecule has 5 heteroatoms. The van der Waals surface area contributed by atoms with E-state index < -0.39 is 0 Å². The fraction of sp³-hybridized carbons (Fsp3) is 0.611. The molecule has 0 radical (unpaired) electrons. The Morgan fingerprint density at radius 1 is 1.04 bits per heavy atom. The summed E-state index contributed by atoms with van der Waals surface area (Å²) in [5.41, 5.74) is 1.14. The number of carbonyl (C=O) groups excluding carboxylic acids is 1. The summed E-state index contributed by atoms with van der Waals surface area (Å²) in [5.74, 6) is 0.610. The average Bonchev–Trinajstić information content (AvgIpc) is 2.56. The zero-order valence-electron chi connectivity index (χ0n) is 14.1. The first-order valence-electron chi connectivity index (χ1n) is 8.65. The molecule has 2 saturated heterocycles. The number of phenols is 1. The number of hydrogen-bond donors (Lipinski definition) is 1. The van der Waals surface area contributed by atoms with Crippen LogP contribution in [0.15, 0.2) is 24.3 Å². The number of amides is 1. The van der Waals surface area contributed by atoms with Gasteiger partial charge in [0.15, 0.2) is 0 Å². The molecule has 2 fully saturated rings. The van der Waals surface area contributed by atoms with Crippen molar-refractivity contribution >= 4 is 11.6 Å². The van der Waals surface area contributed by atoms with Gasteiger partial charge in [-0.3, -0.25) is 9.69 Å². The number of rotatable bonds is 3. The van der Waals surface area contributed by atoms with Crippen molar-refractivity contribution in [1.29, 1.82) is 0 Å². The quantitative estimate of drug-likeness (QED) is 0.925. The summed E-state index contributed by atoms with van der Waals surface area (Å²) < 4.78 is 0. The van der Waals surface area contributed by atoms with Crippen molar-refractivity contribution in [3.63, 3.8) is 0 Å².